The SMILES string of the molecule is CC.CC.CC.Cc1c(C)c(C)c2c(c1C)C(=O)N1C2=Nc2cccc3cccc1c23. The van der Waals surface area contributed by atoms with Crippen LogP contribution in [-0.2, 0) is 0 Å². The normalized spacial score (nSPS) is 12.4. The molecule has 2 aliphatic heterocycles. The monoisotopic (exact) mass is 416 g/mol. The van der Waals surface area contributed by atoms with Crippen LogP contribution in [0.5, 0.6) is 0 Å². The van der Waals surface area contributed by atoms with Crippen molar-refractivity contribution in [3.63, 3.8) is 0 Å². The molecule has 3 aromatic carbocycles. The number of aliphatic imine (C=N–C) groups is 1. The Labute approximate surface area is 187 Å². The van der Waals surface area contributed by atoms with E-state index < -0.39 is 0 Å². The number of hydrogen-bond donors (Lipinski definition) is 0. The number of hydrogen-bond acceptors (Lipinski definition) is 2. The Balaban J connectivity index is 0.000000527. The van der Waals surface area contributed by atoms with Gasteiger partial charge in [-0.05, 0) is 67.5 Å². The van der Waals surface area contributed by atoms with E-state index in [4.69, 9.17) is 4.99 Å². The molecule has 5 rings (SSSR count). The van der Waals surface area contributed by atoms with Gasteiger partial charge < -0.3 is 0 Å². The highest BCUT2D eigenvalue weighted by Gasteiger charge is 2.41. The van der Waals surface area contributed by atoms with Gasteiger partial charge in [-0.3, -0.25) is 9.69 Å². The second kappa shape index (κ2) is 9.91. The fourth-order valence-electron chi connectivity index (χ4n) is 4.20. The highest BCUT2D eigenvalue weighted by Crippen LogP contribution is 2.45. The van der Waals surface area contributed by atoms with E-state index in [1.807, 2.05) is 72.7 Å². The number of amidine groups is 1. The zero-order chi connectivity index (χ0) is 23.5. The van der Waals surface area contributed by atoms with Crippen molar-refractivity contribution in [3.8, 4) is 0 Å². The molecule has 0 bridgehead atoms. The van der Waals surface area contributed by atoms with Gasteiger partial charge in [-0.1, -0.05) is 65.8 Å². The fraction of sp³-hybridized carbons (Fsp3) is 0.357. The summed E-state index contributed by atoms with van der Waals surface area (Å²) in [5.41, 5.74) is 8.34. The Morgan fingerprint density at radius 2 is 1.19 bits per heavy atom. The molecule has 0 spiro atoms. The van der Waals surface area contributed by atoms with Gasteiger partial charge in [0.05, 0.1) is 16.9 Å². The maximum atomic E-state index is 13.4. The molecule has 164 valence electrons. The Bertz CT molecular complexity index is 1150. The predicted octanol–water partition coefficient (Wildman–Crippen LogP) is 8.20. The minimum atomic E-state index is 0.0412. The van der Waals surface area contributed by atoms with Gasteiger partial charge in [0.2, 0.25) is 0 Å². The van der Waals surface area contributed by atoms with Gasteiger partial charge >= 0.3 is 0 Å². The molecular weight excluding hydrogens is 380 g/mol. The first-order valence-electron chi connectivity index (χ1n) is 11.6. The smallest absolute Gasteiger partial charge is 0.265 e. The second-order valence-corrected chi connectivity index (χ2v) is 6.98. The molecule has 31 heavy (non-hydrogen) atoms. The van der Waals surface area contributed by atoms with E-state index in [0.717, 1.165) is 50.2 Å². The van der Waals surface area contributed by atoms with Crippen LogP contribution in [0.25, 0.3) is 10.8 Å². The van der Waals surface area contributed by atoms with Gasteiger partial charge in [0.25, 0.3) is 5.91 Å². The summed E-state index contributed by atoms with van der Waals surface area (Å²) in [6.07, 6.45) is 0. The largest absolute Gasteiger partial charge is 0.268 e. The Morgan fingerprint density at radius 1 is 0.677 bits per heavy atom. The van der Waals surface area contributed by atoms with Gasteiger partial charge in [-0.15, -0.1) is 0 Å². The van der Waals surface area contributed by atoms with Gasteiger partial charge in [0.15, 0.2) is 0 Å². The lowest BCUT2D eigenvalue weighted by atomic mass is 9.90. The lowest BCUT2D eigenvalue weighted by Crippen LogP contribution is -2.31. The minimum absolute atomic E-state index is 0.0412. The van der Waals surface area contributed by atoms with E-state index >= 15 is 0 Å². The molecule has 0 atom stereocenters. The first-order valence-corrected chi connectivity index (χ1v) is 11.6. The van der Waals surface area contributed by atoms with Crippen LogP contribution >= 0.6 is 0 Å². The zero-order valence-corrected chi connectivity index (χ0v) is 20.8. The molecule has 3 aromatic rings. The maximum Gasteiger partial charge on any atom is 0.265 e. The van der Waals surface area contributed by atoms with Crippen molar-refractivity contribution in [1.82, 2.24) is 0 Å². The minimum Gasteiger partial charge on any atom is -0.268 e. The number of anilines is 1. The summed E-state index contributed by atoms with van der Waals surface area (Å²) < 4.78 is 0. The quantitative estimate of drug-likeness (QED) is 0.363. The van der Waals surface area contributed by atoms with E-state index in [9.17, 15) is 4.79 Å². The van der Waals surface area contributed by atoms with Crippen LogP contribution in [0.4, 0.5) is 11.4 Å². The van der Waals surface area contributed by atoms with Crippen molar-refractivity contribution < 1.29 is 4.79 Å². The van der Waals surface area contributed by atoms with Crippen LogP contribution in [0.15, 0.2) is 41.4 Å². The van der Waals surface area contributed by atoms with E-state index in [-0.39, 0.29) is 5.91 Å². The van der Waals surface area contributed by atoms with Crippen molar-refractivity contribution in [1.29, 1.82) is 0 Å². The van der Waals surface area contributed by atoms with Gasteiger partial charge in [0, 0.05) is 10.9 Å². The molecule has 0 unspecified atom stereocenters. The molecule has 0 aliphatic carbocycles. The standard InChI is InChI=1S/C22H18N2O.3C2H6/c1-11-12(2)14(4)19-18(13(11)3)21-23-16-9-5-7-15-8-6-10-17(20(15)16)24(21)22(19)25;3*1-2/h5-10H,1-4H3;3*1-2H3. The maximum absolute atomic E-state index is 13.4. The third-order valence-corrected chi connectivity index (χ3v) is 5.87. The van der Waals surface area contributed by atoms with Gasteiger partial charge in [-0.2, -0.15) is 0 Å². The fourth-order valence-corrected chi connectivity index (χ4v) is 4.20. The molecule has 0 aromatic heterocycles. The van der Waals surface area contributed by atoms with Crippen molar-refractivity contribution in [3.05, 3.63) is 69.8 Å². The molecule has 1 amide bonds. The van der Waals surface area contributed by atoms with Crippen molar-refractivity contribution in [2.75, 3.05) is 4.90 Å². The number of nitrogens with zero attached hydrogens (tertiary/aromatic N) is 2. The van der Waals surface area contributed by atoms with Gasteiger partial charge in [-0.25, -0.2) is 4.99 Å². The first-order chi connectivity index (χ1) is 15.0. The van der Waals surface area contributed by atoms with Crippen molar-refractivity contribution >= 4 is 33.9 Å². The zero-order valence-electron chi connectivity index (χ0n) is 20.8. The highest BCUT2D eigenvalue weighted by atomic mass is 16.2. The summed E-state index contributed by atoms with van der Waals surface area (Å²) in [5.74, 6) is 0.814. The highest BCUT2D eigenvalue weighted by molar-refractivity contribution is 6.40. The van der Waals surface area contributed by atoms with E-state index in [2.05, 4.69) is 32.9 Å². The molecule has 0 saturated carbocycles. The number of carbonyl (C=O) groups excluding carboxylic acids is 1. The summed E-state index contributed by atoms with van der Waals surface area (Å²) in [5, 5.41) is 2.17. The summed E-state index contributed by atoms with van der Waals surface area (Å²) in [7, 11) is 0. The number of fused-ring (bicyclic) bond motifs is 4. The van der Waals surface area contributed by atoms with E-state index in [1.165, 1.54) is 11.1 Å². The summed E-state index contributed by atoms with van der Waals surface area (Å²) in [4.78, 5) is 20.1. The number of rotatable bonds is 0. The number of amides is 1. The van der Waals surface area contributed by atoms with Crippen LogP contribution in [0.2, 0.25) is 0 Å². The summed E-state index contributed by atoms with van der Waals surface area (Å²) in [6.45, 7) is 20.4. The Kier molecular flexibility index (Phi) is 7.78. The van der Waals surface area contributed by atoms with E-state index in [1.54, 1.807) is 4.90 Å². The van der Waals surface area contributed by atoms with Crippen LogP contribution in [-0.4, -0.2) is 11.7 Å². The Hall–Kier alpha value is -2.94. The molecule has 0 fully saturated rings. The molecule has 0 saturated heterocycles. The molecular formula is C28H36N2O. The molecule has 2 heterocycles. The Morgan fingerprint density at radius 3 is 1.77 bits per heavy atom. The molecule has 3 heteroatoms. The topological polar surface area (TPSA) is 32.7 Å². The molecule has 0 radical (unpaired) electrons. The van der Waals surface area contributed by atoms with Crippen LogP contribution in [0, 0.1) is 27.7 Å². The van der Waals surface area contributed by atoms with Crippen LogP contribution < -0.4 is 4.90 Å². The van der Waals surface area contributed by atoms with E-state index in [0.29, 0.717) is 0 Å². The van der Waals surface area contributed by atoms with Crippen LogP contribution in [0.3, 0.4) is 0 Å². The molecule has 2 aliphatic rings. The average Bonchev–Trinajstić information content (AvgIpc) is 3.13. The molecule has 0 N–H and O–H groups in total. The van der Waals surface area contributed by atoms with Crippen molar-refractivity contribution in [2.45, 2.75) is 69.2 Å². The third-order valence-electron chi connectivity index (χ3n) is 5.87. The van der Waals surface area contributed by atoms with Crippen LogP contribution in [0.1, 0.15) is 79.7 Å². The summed E-state index contributed by atoms with van der Waals surface area (Å²) in [6, 6.07) is 12.2. The van der Waals surface area contributed by atoms with Crippen molar-refractivity contribution in [2.24, 2.45) is 4.99 Å². The lowest BCUT2D eigenvalue weighted by Gasteiger charge is -2.24. The lowest BCUT2D eigenvalue weighted by molar-refractivity contribution is 0.101. The number of benzene rings is 3. The first kappa shape index (κ1) is 24.3. The van der Waals surface area contributed by atoms with Gasteiger partial charge in [0.1, 0.15) is 5.84 Å². The summed E-state index contributed by atoms with van der Waals surface area (Å²) >= 11 is 0. The third kappa shape index (κ3) is 3.56. The number of carbonyl (C=O) groups is 1. The second-order valence-electron chi connectivity index (χ2n) is 6.98. The molecule has 3 nitrogen and oxygen atoms in total. The average molecular weight is 417 g/mol. The predicted molar refractivity (Wildman–Crippen MR) is 136 cm³/mol.